The first-order valence-corrected chi connectivity index (χ1v) is 7.88. The number of carbonyl (C=O) groups is 1. The number of hydrogen-bond donors (Lipinski definition) is 0. The number of carbonyl (C=O) groups excluding carboxylic acids is 1. The van der Waals surface area contributed by atoms with Crippen LogP contribution < -0.4 is 0 Å². The summed E-state index contributed by atoms with van der Waals surface area (Å²) in [5, 5.41) is 0. The molecule has 0 aliphatic carbocycles. The van der Waals surface area contributed by atoms with Crippen LogP contribution >= 0.6 is 0 Å². The Morgan fingerprint density at radius 1 is 1.00 bits per heavy atom. The van der Waals surface area contributed by atoms with Crippen molar-refractivity contribution in [3.05, 3.63) is 0 Å². The molecule has 4 rings (SSSR count). The quantitative estimate of drug-likeness (QED) is 0.653. The monoisotopic (exact) mass is 248 g/mol. The van der Waals surface area contributed by atoms with Gasteiger partial charge in [-0.3, -0.25) is 9.69 Å². The second kappa shape index (κ2) is 4.22. The minimum atomic E-state index is 0.451. The fourth-order valence-corrected chi connectivity index (χ4v) is 5.26. The summed E-state index contributed by atoms with van der Waals surface area (Å²) in [6.45, 7) is 3.71. The van der Waals surface area contributed by atoms with Gasteiger partial charge in [-0.2, -0.15) is 0 Å². The Morgan fingerprint density at radius 3 is 2.72 bits per heavy atom. The first kappa shape index (κ1) is 11.3. The average Bonchev–Trinajstić information content (AvgIpc) is 2.41. The predicted molar refractivity (Wildman–Crippen MR) is 70.2 cm³/mol. The molecule has 0 bridgehead atoms. The average molecular weight is 248 g/mol. The van der Waals surface area contributed by atoms with Crippen molar-refractivity contribution < 1.29 is 4.79 Å². The van der Waals surface area contributed by atoms with E-state index >= 15 is 0 Å². The Bertz CT molecular complexity index is 354. The summed E-state index contributed by atoms with van der Waals surface area (Å²) in [5.74, 6) is 2.02. The van der Waals surface area contributed by atoms with Crippen LogP contribution in [0.1, 0.15) is 44.9 Å². The third-order valence-corrected chi connectivity index (χ3v) is 5.88. The lowest BCUT2D eigenvalue weighted by Gasteiger charge is -2.58. The smallest absolute Gasteiger partial charge is 0.222 e. The van der Waals surface area contributed by atoms with Crippen molar-refractivity contribution in [2.75, 3.05) is 19.6 Å². The van der Waals surface area contributed by atoms with Gasteiger partial charge in [-0.25, -0.2) is 0 Å². The van der Waals surface area contributed by atoms with Crippen LogP contribution in [0.4, 0.5) is 0 Å². The maximum absolute atomic E-state index is 12.2. The van der Waals surface area contributed by atoms with Crippen LogP contribution in [0.3, 0.4) is 0 Å². The molecule has 0 radical (unpaired) electrons. The summed E-state index contributed by atoms with van der Waals surface area (Å²) < 4.78 is 0. The molecule has 4 aliphatic heterocycles. The zero-order valence-corrected chi connectivity index (χ0v) is 11.2. The number of piperidine rings is 4. The molecule has 0 aromatic carbocycles. The molecule has 0 aromatic rings. The van der Waals surface area contributed by atoms with Crippen LogP contribution in [0.25, 0.3) is 0 Å². The fourth-order valence-electron chi connectivity index (χ4n) is 5.26. The molecule has 4 atom stereocenters. The topological polar surface area (TPSA) is 23.6 Å². The highest BCUT2D eigenvalue weighted by atomic mass is 16.2. The largest absolute Gasteiger partial charge is 0.339 e. The van der Waals surface area contributed by atoms with Gasteiger partial charge in [0.25, 0.3) is 0 Å². The molecule has 3 nitrogen and oxygen atoms in total. The van der Waals surface area contributed by atoms with Crippen molar-refractivity contribution in [1.82, 2.24) is 9.80 Å². The molecule has 0 saturated carbocycles. The molecule has 4 heterocycles. The van der Waals surface area contributed by atoms with Gasteiger partial charge in [-0.1, -0.05) is 0 Å². The standard InChI is InChI=1S/C15H24N2O/c18-14-7-1-6-13-12-5-3-9-16-8-2-4-11(15(12)16)10-17(13)14/h11-13,15H,1-10H2/t11-,12-,13?,15+/m1/s1. The maximum Gasteiger partial charge on any atom is 0.222 e. The lowest BCUT2D eigenvalue weighted by Crippen LogP contribution is -2.66. The zero-order valence-electron chi connectivity index (χ0n) is 11.2. The van der Waals surface area contributed by atoms with Gasteiger partial charge < -0.3 is 4.90 Å². The Hall–Kier alpha value is -0.570. The molecule has 0 aromatic heterocycles. The van der Waals surface area contributed by atoms with Gasteiger partial charge in [0.1, 0.15) is 0 Å². The van der Waals surface area contributed by atoms with E-state index in [1.54, 1.807) is 0 Å². The minimum Gasteiger partial charge on any atom is -0.339 e. The highest BCUT2D eigenvalue weighted by Gasteiger charge is 2.50. The van der Waals surface area contributed by atoms with E-state index in [1.165, 1.54) is 45.2 Å². The van der Waals surface area contributed by atoms with Crippen molar-refractivity contribution in [2.24, 2.45) is 11.8 Å². The third kappa shape index (κ3) is 1.56. The summed E-state index contributed by atoms with van der Waals surface area (Å²) in [7, 11) is 0. The van der Waals surface area contributed by atoms with Gasteiger partial charge in [0.05, 0.1) is 0 Å². The SMILES string of the molecule is O=C1CCCC2[C@H]3CCCN4CCC[C@H](CN12)[C@@H]34. The molecule has 1 unspecified atom stereocenters. The molecular formula is C15H24N2O. The second-order valence-corrected chi connectivity index (χ2v) is 6.74. The first-order valence-electron chi connectivity index (χ1n) is 7.88. The first-order chi connectivity index (χ1) is 8.84. The summed E-state index contributed by atoms with van der Waals surface area (Å²) in [4.78, 5) is 17.2. The Balaban J connectivity index is 1.66. The van der Waals surface area contributed by atoms with Crippen LogP contribution in [0.5, 0.6) is 0 Å². The Labute approximate surface area is 110 Å². The number of amides is 1. The van der Waals surface area contributed by atoms with Crippen molar-refractivity contribution in [3.8, 4) is 0 Å². The Kier molecular flexibility index (Phi) is 2.65. The molecule has 0 N–H and O–H groups in total. The van der Waals surface area contributed by atoms with Crippen molar-refractivity contribution in [1.29, 1.82) is 0 Å². The van der Waals surface area contributed by atoms with Gasteiger partial charge in [0.2, 0.25) is 5.91 Å². The number of hydrogen-bond acceptors (Lipinski definition) is 2. The van der Waals surface area contributed by atoms with Gasteiger partial charge in [-0.05, 0) is 63.5 Å². The van der Waals surface area contributed by atoms with Crippen molar-refractivity contribution >= 4 is 5.91 Å². The van der Waals surface area contributed by atoms with E-state index in [0.29, 0.717) is 11.9 Å². The number of fused-ring (bicyclic) bond motifs is 2. The van der Waals surface area contributed by atoms with Gasteiger partial charge in [-0.15, -0.1) is 0 Å². The Morgan fingerprint density at radius 2 is 1.83 bits per heavy atom. The van der Waals surface area contributed by atoms with Crippen LogP contribution in [0.15, 0.2) is 0 Å². The number of nitrogens with zero attached hydrogens (tertiary/aromatic N) is 2. The highest BCUT2D eigenvalue weighted by Crippen LogP contribution is 2.44. The molecule has 4 saturated heterocycles. The van der Waals surface area contributed by atoms with E-state index in [9.17, 15) is 4.79 Å². The van der Waals surface area contributed by atoms with E-state index in [-0.39, 0.29) is 0 Å². The summed E-state index contributed by atoms with van der Waals surface area (Å²) in [6, 6.07) is 1.41. The molecule has 4 fully saturated rings. The fraction of sp³-hybridized carbons (Fsp3) is 0.933. The minimum absolute atomic E-state index is 0.451. The van der Waals surface area contributed by atoms with Gasteiger partial charge in [0.15, 0.2) is 0 Å². The zero-order chi connectivity index (χ0) is 12.1. The summed E-state index contributed by atoms with van der Waals surface area (Å²) in [5.41, 5.74) is 0. The van der Waals surface area contributed by atoms with E-state index in [1.807, 2.05) is 0 Å². The van der Waals surface area contributed by atoms with Crippen molar-refractivity contribution in [2.45, 2.75) is 57.0 Å². The van der Waals surface area contributed by atoms with Crippen LogP contribution in [-0.2, 0) is 4.79 Å². The molecule has 4 aliphatic rings. The van der Waals surface area contributed by atoms with E-state index < -0.39 is 0 Å². The highest BCUT2D eigenvalue weighted by molar-refractivity contribution is 5.77. The molecule has 0 spiro atoms. The van der Waals surface area contributed by atoms with Crippen LogP contribution in [0.2, 0.25) is 0 Å². The van der Waals surface area contributed by atoms with Gasteiger partial charge in [0, 0.05) is 25.0 Å². The summed E-state index contributed by atoms with van der Waals surface area (Å²) in [6.07, 6.45) is 8.64. The molecular weight excluding hydrogens is 224 g/mol. The van der Waals surface area contributed by atoms with Crippen molar-refractivity contribution in [3.63, 3.8) is 0 Å². The lowest BCUT2D eigenvalue weighted by molar-refractivity contribution is -0.150. The summed E-state index contributed by atoms with van der Waals surface area (Å²) >= 11 is 0. The molecule has 3 heteroatoms. The lowest BCUT2D eigenvalue weighted by atomic mass is 9.68. The molecule has 1 amide bonds. The second-order valence-electron chi connectivity index (χ2n) is 6.74. The molecule has 100 valence electrons. The van der Waals surface area contributed by atoms with Crippen LogP contribution in [-0.4, -0.2) is 47.4 Å². The van der Waals surface area contributed by atoms with E-state index in [0.717, 1.165) is 37.3 Å². The van der Waals surface area contributed by atoms with E-state index in [4.69, 9.17) is 0 Å². The van der Waals surface area contributed by atoms with Gasteiger partial charge >= 0.3 is 0 Å². The molecule has 18 heavy (non-hydrogen) atoms. The maximum atomic E-state index is 12.2. The predicted octanol–water partition coefficient (Wildman–Crippen LogP) is 1.87. The normalized spacial score (nSPS) is 44.4. The third-order valence-electron chi connectivity index (χ3n) is 5.88. The van der Waals surface area contributed by atoms with Crippen LogP contribution in [0, 0.1) is 11.8 Å². The van der Waals surface area contributed by atoms with E-state index in [2.05, 4.69) is 9.80 Å². The number of rotatable bonds is 0.